The maximum absolute atomic E-state index is 13.1. The number of imide groups is 2. The molecule has 0 unspecified atom stereocenters. The van der Waals surface area contributed by atoms with E-state index in [1.807, 2.05) is 6.92 Å². The number of amides is 4. The van der Waals surface area contributed by atoms with Gasteiger partial charge >= 0.3 is 6.03 Å². The molecule has 0 aromatic heterocycles. The minimum absolute atomic E-state index is 0.179. The highest BCUT2D eigenvalue weighted by atomic mass is 79.9. The van der Waals surface area contributed by atoms with Crippen molar-refractivity contribution in [3.63, 3.8) is 0 Å². The van der Waals surface area contributed by atoms with Crippen molar-refractivity contribution in [2.45, 2.75) is 13.5 Å². The zero-order valence-corrected chi connectivity index (χ0v) is 20.4. The molecule has 9 heteroatoms. The summed E-state index contributed by atoms with van der Waals surface area (Å²) in [5, 5.41) is 2.21. The number of barbiturate groups is 1. The van der Waals surface area contributed by atoms with E-state index in [0.717, 1.165) is 16.0 Å². The van der Waals surface area contributed by atoms with Gasteiger partial charge in [0.1, 0.15) is 18.0 Å². The Hall–Kier alpha value is -3.98. The fraction of sp³-hybridized carbons (Fsp3) is 0.115. The standard InChI is InChI=1S/C26H20BrFN2O5/c1-15-3-9-19(10-4-15)30-25(32)20(24(31)29-26(30)33)11-17-12-22(34-2)23(13-21(17)27)35-14-16-5-7-18(28)8-6-16/h3-13H,14H2,1-2H3,(H,29,31,33)/b20-11+. The van der Waals surface area contributed by atoms with Gasteiger partial charge in [-0.05, 0) is 60.5 Å². The monoisotopic (exact) mass is 538 g/mol. The van der Waals surface area contributed by atoms with E-state index in [-0.39, 0.29) is 18.0 Å². The third-order valence-corrected chi connectivity index (χ3v) is 5.97. The number of hydrogen-bond donors (Lipinski definition) is 1. The summed E-state index contributed by atoms with van der Waals surface area (Å²) in [6.45, 7) is 2.06. The molecule has 1 N–H and O–H groups in total. The highest BCUT2D eigenvalue weighted by Crippen LogP contribution is 2.35. The van der Waals surface area contributed by atoms with Gasteiger partial charge in [0.25, 0.3) is 11.8 Å². The highest BCUT2D eigenvalue weighted by Gasteiger charge is 2.37. The molecule has 1 aliphatic heterocycles. The lowest BCUT2D eigenvalue weighted by Crippen LogP contribution is -2.54. The Balaban J connectivity index is 1.63. The van der Waals surface area contributed by atoms with Gasteiger partial charge in [0, 0.05) is 4.47 Å². The summed E-state index contributed by atoms with van der Waals surface area (Å²) in [6, 6.07) is 15.1. The Labute approximate surface area is 209 Å². The van der Waals surface area contributed by atoms with Gasteiger partial charge in [-0.15, -0.1) is 0 Å². The van der Waals surface area contributed by atoms with E-state index >= 15 is 0 Å². The molecule has 1 aliphatic rings. The van der Waals surface area contributed by atoms with Crippen molar-refractivity contribution >= 4 is 45.5 Å². The van der Waals surface area contributed by atoms with Gasteiger partial charge in [0.15, 0.2) is 11.5 Å². The number of methoxy groups -OCH3 is 1. The first-order valence-electron chi connectivity index (χ1n) is 10.5. The van der Waals surface area contributed by atoms with Crippen molar-refractivity contribution < 1.29 is 28.2 Å². The molecular weight excluding hydrogens is 519 g/mol. The van der Waals surface area contributed by atoms with Gasteiger partial charge in [-0.2, -0.15) is 0 Å². The fourth-order valence-corrected chi connectivity index (χ4v) is 3.85. The number of rotatable bonds is 6. The number of nitrogens with zero attached hydrogens (tertiary/aromatic N) is 1. The number of halogens is 2. The van der Waals surface area contributed by atoms with Crippen LogP contribution in [0, 0.1) is 12.7 Å². The number of aryl methyl sites for hydroxylation is 1. The SMILES string of the molecule is COc1cc(/C=C2\C(=O)NC(=O)N(c3ccc(C)cc3)C2=O)c(Br)cc1OCc1ccc(F)cc1. The van der Waals surface area contributed by atoms with Crippen LogP contribution >= 0.6 is 15.9 Å². The lowest BCUT2D eigenvalue weighted by molar-refractivity contribution is -0.122. The Morgan fingerprint density at radius 2 is 1.69 bits per heavy atom. The third-order valence-electron chi connectivity index (χ3n) is 5.28. The van der Waals surface area contributed by atoms with Gasteiger partial charge in [-0.25, -0.2) is 14.1 Å². The van der Waals surface area contributed by atoms with Crippen LogP contribution in [0.5, 0.6) is 11.5 Å². The minimum atomic E-state index is -0.817. The van der Waals surface area contributed by atoms with E-state index in [1.54, 1.807) is 48.5 Å². The van der Waals surface area contributed by atoms with Crippen molar-refractivity contribution in [2.75, 3.05) is 12.0 Å². The van der Waals surface area contributed by atoms with Gasteiger partial charge < -0.3 is 9.47 Å². The fourth-order valence-electron chi connectivity index (χ4n) is 3.42. The summed E-state index contributed by atoms with van der Waals surface area (Å²) in [6.07, 6.45) is 1.38. The first-order valence-corrected chi connectivity index (χ1v) is 11.3. The molecule has 7 nitrogen and oxygen atoms in total. The number of anilines is 1. The summed E-state index contributed by atoms with van der Waals surface area (Å²) < 4.78 is 24.9. The number of nitrogens with one attached hydrogen (secondary N) is 1. The molecule has 1 fully saturated rings. The average molecular weight is 539 g/mol. The molecule has 0 atom stereocenters. The van der Waals surface area contributed by atoms with E-state index in [1.165, 1.54) is 25.3 Å². The second-order valence-corrected chi connectivity index (χ2v) is 8.59. The van der Waals surface area contributed by atoms with E-state index in [0.29, 0.717) is 27.2 Å². The molecule has 35 heavy (non-hydrogen) atoms. The highest BCUT2D eigenvalue weighted by molar-refractivity contribution is 9.10. The summed E-state index contributed by atoms with van der Waals surface area (Å²) in [5.41, 5.74) is 2.32. The number of benzene rings is 3. The zero-order valence-electron chi connectivity index (χ0n) is 18.8. The minimum Gasteiger partial charge on any atom is -0.493 e. The van der Waals surface area contributed by atoms with Gasteiger partial charge in [-0.3, -0.25) is 14.9 Å². The first kappa shape index (κ1) is 24.2. The molecule has 3 aromatic carbocycles. The van der Waals surface area contributed by atoms with Crippen molar-refractivity contribution in [1.29, 1.82) is 0 Å². The predicted molar refractivity (Wildman–Crippen MR) is 132 cm³/mol. The Morgan fingerprint density at radius 1 is 1.00 bits per heavy atom. The maximum Gasteiger partial charge on any atom is 0.335 e. The van der Waals surface area contributed by atoms with Crippen LogP contribution < -0.4 is 19.7 Å². The molecular formula is C26H20BrFN2O5. The summed E-state index contributed by atoms with van der Waals surface area (Å²) in [4.78, 5) is 39.0. The summed E-state index contributed by atoms with van der Waals surface area (Å²) in [5.74, 6) is -1.12. The largest absolute Gasteiger partial charge is 0.493 e. The zero-order chi connectivity index (χ0) is 25.1. The molecule has 1 saturated heterocycles. The topological polar surface area (TPSA) is 84.9 Å². The maximum atomic E-state index is 13.1. The van der Waals surface area contributed by atoms with Gasteiger partial charge in [0.2, 0.25) is 0 Å². The second kappa shape index (κ2) is 10.1. The van der Waals surface area contributed by atoms with Gasteiger partial charge in [-0.1, -0.05) is 45.8 Å². The van der Waals surface area contributed by atoms with Gasteiger partial charge in [0.05, 0.1) is 12.8 Å². The van der Waals surface area contributed by atoms with Crippen LogP contribution in [0.25, 0.3) is 6.08 Å². The number of urea groups is 1. The van der Waals surface area contributed by atoms with Crippen LogP contribution in [0.4, 0.5) is 14.9 Å². The summed E-state index contributed by atoms with van der Waals surface area (Å²) >= 11 is 3.44. The molecule has 0 saturated carbocycles. The molecule has 3 aromatic rings. The second-order valence-electron chi connectivity index (χ2n) is 7.73. The normalized spacial score (nSPS) is 14.8. The Kier molecular flexibility index (Phi) is 6.97. The molecule has 0 aliphatic carbocycles. The van der Waals surface area contributed by atoms with Crippen LogP contribution in [-0.4, -0.2) is 25.0 Å². The quantitative estimate of drug-likeness (QED) is 0.346. The van der Waals surface area contributed by atoms with E-state index in [4.69, 9.17) is 9.47 Å². The van der Waals surface area contributed by atoms with E-state index < -0.39 is 17.8 Å². The first-order chi connectivity index (χ1) is 16.8. The van der Waals surface area contributed by atoms with Crippen molar-refractivity contribution in [3.8, 4) is 11.5 Å². The van der Waals surface area contributed by atoms with Crippen LogP contribution in [0.15, 0.2) is 70.7 Å². The number of carbonyl (C=O) groups excluding carboxylic acids is 3. The van der Waals surface area contributed by atoms with E-state index in [2.05, 4.69) is 21.2 Å². The molecule has 0 bridgehead atoms. The van der Waals surface area contributed by atoms with Crippen LogP contribution in [0.3, 0.4) is 0 Å². The Bertz CT molecular complexity index is 1340. The van der Waals surface area contributed by atoms with Crippen molar-refractivity contribution in [3.05, 3.63) is 93.2 Å². The van der Waals surface area contributed by atoms with Crippen molar-refractivity contribution in [1.82, 2.24) is 5.32 Å². The smallest absolute Gasteiger partial charge is 0.335 e. The number of ether oxygens (including phenoxy) is 2. The molecule has 178 valence electrons. The van der Waals surface area contributed by atoms with Crippen molar-refractivity contribution in [2.24, 2.45) is 0 Å². The van der Waals surface area contributed by atoms with Crippen LogP contribution in [0.1, 0.15) is 16.7 Å². The lowest BCUT2D eigenvalue weighted by Gasteiger charge is -2.26. The average Bonchev–Trinajstić information content (AvgIpc) is 2.83. The van der Waals surface area contributed by atoms with Crippen LogP contribution in [-0.2, 0) is 16.2 Å². The molecule has 4 amide bonds. The predicted octanol–water partition coefficient (Wildman–Crippen LogP) is 5.15. The molecule has 0 spiro atoms. The van der Waals surface area contributed by atoms with Crippen LogP contribution in [0.2, 0.25) is 0 Å². The lowest BCUT2D eigenvalue weighted by atomic mass is 10.1. The Morgan fingerprint density at radius 3 is 2.34 bits per heavy atom. The number of hydrogen-bond acceptors (Lipinski definition) is 5. The third kappa shape index (κ3) is 5.25. The molecule has 0 radical (unpaired) electrons. The van der Waals surface area contributed by atoms with E-state index in [9.17, 15) is 18.8 Å². The molecule has 4 rings (SSSR count). The summed E-state index contributed by atoms with van der Waals surface area (Å²) in [7, 11) is 1.46. The number of carbonyl (C=O) groups is 3. The molecule has 1 heterocycles.